The first kappa shape index (κ1) is 19.4. The van der Waals surface area contributed by atoms with Crippen molar-refractivity contribution in [3.63, 3.8) is 0 Å². The van der Waals surface area contributed by atoms with Crippen LogP contribution < -0.4 is 5.32 Å². The number of aromatic amines is 1. The summed E-state index contributed by atoms with van der Waals surface area (Å²) in [5.74, 6) is 0.405. The van der Waals surface area contributed by atoms with E-state index in [9.17, 15) is 4.79 Å². The van der Waals surface area contributed by atoms with Crippen LogP contribution in [0.1, 0.15) is 66.0 Å². The summed E-state index contributed by atoms with van der Waals surface area (Å²) in [6.45, 7) is 3.86. The molecule has 0 unspecified atom stereocenters. The zero-order valence-electron chi connectivity index (χ0n) is 17.6. The third-order valence-corrected chi connectivity index (χ3v) is 6.03. The van der Waals surface area contributed by atoms with Crippen LogP contribution in [0.3, 0.4) is 0 Å². The van der Waals surface area contributed by atoms with Gasteiger partial charge in [-0.15, -0.1) is 0 Å². The molecule has 2 aliphatic rings. The maximum absolute atomic E-state index is 13.1. The van der Waals surface area contributed by atoms with Gasteiger partial charge in [-0.05, 0) is 62.9 Å². The van der Waals surface area contributed by atoms with Crippen molar-refractivity contribution in [2.24, 2.45) is 5.16 Å². The van der Waals surface area contributed by atoms with Crippen LogP contribution in [0.15, 0.2) is 48.0 Å². The molecule has 1 atom stereocenters. The molecule has 0 bridgehead atoms. The van der Waals surface area contributed by atoms with Crippen LogP contribution in [0, 0.1) is 6.92 Å². The SMILES string of the molecule is Cc1ccc(-c2cc(C(=O)N[C@H](C)c3ncn[nH]3)cc(C3=NOC4(CCC4)C3)c2)nc1. The molecule has 8 nitrogen and oxygen atoms in total. The fourth-order valence-corrected chi connectivity index (χ4v) is 4.00. The highest BCUT2D eigenvalue weighted by molar-refractivity contribution is 6.05. The lowest BCUT2D eigenvalue weighted by molar-refractivity contribution is -0.0755. The zero-order chi connectivity index (χ0) is 21.4. The first-order chi connectivity index (χ1) is 15.0. The van der Waals surface area contributed by atoms with E-state index in [1.807, 2.05) is 50.4 Å². The molecule has 0 radical (unpaired) electrons. The summed E-state index contributed by atoms with van der Waals surface area (Å²) in [6.07, 6.45) is 7.25. The van der Waals surface area contributed by atoms with Crippen molar-refractivity contribution in [1.29, 1.82) is 0 Å². The van der Waals surface area contributed by atoms with Crippen molar-refractivity contribution < 1.29 is 9.63 Å². The molecule has 2 aromatic heterocycles. The van der Waals surface area contributed by atoms with E-state index in [2.05, 4.69) is 30.6 Å². The normalized spacial score (nSPS) is 17.5. The molecule has 31 heavy (non-hydrogen) atoms. The Hall–Kier alpha value is -3.55. The van der Waals surface area contributed by atoms with Gasteiger partial charge in [0.15, 0.2) is 0 Å². The Morgan fingerprint density at radius 1 is 1.19 bits per heavy atom. The minimum atomic E-state index is -0.301. The van der Waals surface area contributed by atoms with Gasteiger partial charge in [-0.3, -0.25) is 14.9 Å². The number of aryl methyl sites for hydroxylation is 1. The number of pyridine rings is 1. The number of nitrogens with one attached hydrogen (secondary N) is 2. The number of carbonyl (C=O) groups is 1. The third-order valence-electron chi connectivity index (χ3n) is 6.03. The molecule has 158 valence electrons. The molecule has 5 rings (SSSR count). The van der Waals surface area contributed by atoms with E-state index >= 15 is 0 Å². The molecule has 3 heterocycles. The van der Waals surface area contributed by atoms with Gasteiger partial charge in [-0.2, -0.15) is 5.10 Å². The number of hydrogen-bond donors (Lipinski definition) is 2. The molecule has 1 saturated carbocycles. The molecule has 1 aromatic carbocycles. The van der Waals surface area contributed by atoms with Gasteiger partial charge in [0.2, 0.25) is 0 Å². The maximum atomic E-state index is 13.1. The van der Waals surface area contributed by atoms with Crippen molar-refractivity contribution in [3.05, 3.63) is 65.4 Å². The number of aromatic nitrogens is 4. The molecule has 0 saturated heterocycles. The molecule has 1 aliphatic heterocycles. The summed E-state index contributed by atoms with van der Waals surface area (Å²) < 4.78 is 0. The number of rotatable bonds is 5. The topological polar surface area (TPSA) is 105 Å². The second-order valence-electron chi connectivity index (χ2n) is 8.43. The standard InChI is InChI=1S/C23H24N6O2/c1-14-4-5-19(24-12-14)16-8-17(20-11-23(31-29-20)6-3-7-23)10-18(9-16)22(30)27-15(2)21-25-13-26-28-21/h4-5,8-10,12-13,15H,3,6-7,11H2,1-2H3,(H,27,30)(H,25,26,28)/t15-/m1/s1. The Kier molecular flexibility index (Phi) is 4.77. The average molecular weight is 416 g/mol. The van der Waals surface area contributed by atoms with Gasteiger partial charge in [-0.25, -0.2) is 4.98 Å². The minimum Gasteiger partial charge on any atom is -0.389 e. The van der Waals surface area contributed by atoms with Gasteiger partial charge < -0.3 is 10.2 Å². The van der Waals surface area contributed by atoms with Gasteiger partial charge in [0, 0.05) is 29.3 Å². The van der Waals surface area contributed by atoms with E-state index < -0.39 is 0 Å². The van der Waals surface area contributed by atoms with Crippen molar-refractivity contribution in [2.45, 2.75) is 51.2 Å². The van der Waals surface area contributed by atoms with Crippen LogP contribution in [0.4, 0.5) is 0 Å². The van der Waals surface area contributed by atoms with Crippen molar-refractivity contribution in [1.82, 2.24) is 25.5 Å². The van der Waals surface area contributed by atoms with Gasteiger partial charge >= 0.3 is 0 Å². The first-order valence-electron chi connectivity index (χ1n) is 10.5. The van der Waals surface area contributed by atoms with Gasteiger partial charge in [0.05, 0.1) is 17.4 Å². The van der Waals surface area contributed by atoms with E-state index in [1.54, 1.807) is 0 Å². The lowest BCUT2D eigenvalue weighted by Crippen LogP contribution is -2.36. The summed E-state index contributed by atoms with van der Waals surface area (Å²) in [6, 6.07) is 9.45. The molecular weight excluding hydrogens is 392 g/mol. The highest BCUT2D eigenvalue weighted by Crippen LogP contribution is 2.43. The Morgan fingerprint density at radius 3 is 2.68 bits per heavy atom. The Morgan fingerprint density at radius 2 is 2.03 bits per heavy atom. The highest BCUT2D eigenvalue weighted by Gasteiger charge is 2.45. The van der Waals surface area contributed by atoms with E-state index in [4.69, 9.17) is 4.84 Å². The predicted molar refractivity (Wildman–Crippen MR) is 115 cm³/mol. The lowest BCUT2D eigenvalue weighted by atomic mass is 9.76. The number of hydrogen-bond acceptors (Lipinski definition) is 6. The molecule has 1 aliphatic carbocycles. The molecule has 1 fully saturated rings. The number of carbonyl (C=O) groups excluding carboxylic acids is 1. The number of benzene rings is 1. The van der Waals surface area contributed by atoms with Crippen LogP contribution in [0.25, 0.3) is 11.3 Å². The van der Waals surface area contributed by atoms with E-state index in [1.165, 1.54) is 12.7 Å². The molecule has 1 spiro atoms. The number of nitrogens with zero attached hydrogens (tertiary/aromatic N) is 4. The van der Waals surface area contributed by atoms with Crippen LogP contribution in [0.2, 0.25) is 0 Å². The monoisotopic (exact) mass is 416 g/mol. The van der Waals surface area contributed by atoms with Gasteiger partial charge in [-0.1, -0.05) is 11.2 Å². The highest BCUT2D eigenvalue weighted by atomic mass is 16.7. The second-order valence-corrected chi connectivity index (χ2v) is 8.43. The van der Waals surface area contributed by atoms with Crippen LogP contribution in [0.5, 0.6) is 0 Å². The summed E-state index contributed by atoms with van der Waals surface area (Å²) in [4.78, 5) is 27.5. The molecule has 8 heteroatoms. The molecule has 3 aromatic rings. The first-order valence-corrected chi connectivity index (χ1v) is 10.5. The third kappa shape index (κ3) is 3.81. The summed E-state index contributed by atoms with van der Waals surface area (Å²) in [5.41, 5.74) is 4.93. The van der Waals surface area contributed by atoms with Crippen molar-refractivity contribution >= 4 is 11.6 Å². The number of oxime groups is 1. The fraction of sp³-hybridized carbons (Fsp3) is 0.348. The molecule has 1 amide bonds. The van der Waals surface area contributed by atoms with Crippen LogP contribution in [-0.2, 0) is 4.84 Å². The minimum absolute atomic E-state index is 0.142. The second kappa shape index (κ2) is 7.61. The Labute approximate surface area is 180 Å². The number of H-pyrrole nitrogens is 1. The molecular formula is C23H24N6O2. The zero-order valence-corrected chi connectivity index (χ0v) is 17.6. The summed E-state index contributed by atoms with van der Waals surface area (Å²) in [5, 5.41) is 14.0. The van der Waals surface area contributed by atoms with E-state index in [-0.39, 0.29) is 17.6 Å². The smallest absolute Gasteiger partial charge is 0.251 e. The van der Waals surface area contributed by atoms with E-state index in [0.29, 0.717) is 11.4 Å². The average Bonchev–Trinajstić information content (AvgIpc) is 3.44. The quantitative estimate of drug-likeness (QED) is 0.660. The Balaban J connectivity index is 1.48. The van der Waals surface area contributed by atoms with Crippen molar-refractivity contribution in [3.8, 4) is 11.3 Å². The number of amides is 1. The van der Waals surface area contributed by atoms with Gasteiger partial charge in [0.25, 0.3) is 5.91 Å². The lowest BCUT2D eigenvalue weighted by Gasteiger charge is -2.34. The largest absolute Gasteiger partial charge is 0.389 e. The van der Waals surface area contributed by atoms with Crippen molar-refractivity contribution in [2.75, 3.05) is 0 Å². The van der Waals surface area contributed by atoms with Crippen LogP contribution >= 0.6 is 0 Å². The Bertz CT molecular complexity index is 1130. The summed E-state index contributed by atoms with van der Waals surface area (Å²) >= 11 is 0. The molecule has 2 N–H and O–H groups in total. The summed E-state index contributed by atoms with van der Waals surface area (Å²) in [7, 11) is 0. The van der Waals surface area contributed by atoms with Crippen LogP contribution in [-0.4, -0.2) is 37.4 Å². The van der Waals surface area contributed by atoms with E-state index in [0.717, 1.165) is 47.4 Å². The van der Waals surface area contributed by atoms with Gasteiger partial charge in [0.1, 0.15) is 17.8 Å². The fourth-order valence-electron chi connectivity index (χ4n) is 4.00. The predicted octanol–water partition coefficient (Wildman–Crippen LogP) is 3.71. The maximum Gasteiger partial charge on any atom is 0.251 e.